The quantitative estimate of drug-likeness (QED) is 0.747. The van der Waals surface area contributed by atoms with Gasteiger partial charge in [0.25, 0.3) is 0 Å². The summed E-state index contributed by atoms with van der Waals surface area (Å²) in [4.78, 5) is 0. The molecule has 84 valence electrons. The fourth-order valence-electron chi connectivity index (χ4n) is 1.67. The molecule has 2 nitrogen and oxygen atoms in total. The number of hydrogen-bond donors (Lipinski definition) is 2. The molecule has 1 rings (SSSR count). The molecule has 1 aromatic rings. The minimum Gasteiger partial charge on any atom is -0.392 e. The van der Waals surface area contributed by atoms with E-state index in [0.29, 0.717) is 0 Å². The molecular formula is C13H21NO. The van der Waals surface area contributed by atoms with Crippen molar-refractivity contribution in [2.75, 3.05) is 6.54 Å². The van der Waals surface area contributed by atoms with E-state index >= 15 is 0 Å². The smallest absolute Gasteiger partial charge is 0.0693 e. The summed E-state index contributed by atoms with van der Waals surface area (Å²) >= 11 is 0. The van der Waals surface area contributed by atoms with E-state index in [0.717, 1.165) is 19.4 Å². The van der Waals surface area contributed by atoms with E-state index in [1.807, 2.05) is 25.1 Å². The first kappa shape index (κ1) is 12.2. The van der Waals surface area contributed by atoms with Crippen molar-refractivity contribution in [3.63, 3.8) is 0 Å². The minimum absolute atomic E-state index is 0.179. The predicted molar refractivity (Wildman–Crippen MR) is 63.9 cm³/mol. The summed E-state index contributed by atoms with van der Waals surface area (Å²) in [5, 5.41) is 13.1. The van der Waals surface area contributed by atoms with Gasteiger partial charge in [-0.25, -0.2) is 0 Å². The molecule has 15 heavy (non-hydrogen) atoms. The molecule has 2 unspecified atom stereocenters. The van der Waals surface area contributed by atoms with Crippen LogP contribution in [0.5, 0.6) is 0 Å². The third-order valence-electron chi connectivity index (χ3n) is 2.67. The highest BCUT2D eigenvalue weighted by Crippen LogP contribution is 2.07. The van der Waals surface area contributed by atoms with E-state index in [9.17, 15) is 5.11 Å². The molecule has 0 saturated heterocycles. The van der Waals surface area contributed by atoms with Gasteiger partial charge in [0.15, 0.2) is 0 Å². The predicted octanol–water partition coefficient (Wildman–Crippen LogP) is 1.98. The number of likely N-dealkylation sites (N-methyl/N-ethyl adjacent to an activating group) is 1. The number of benzene rings is 1. The standard InChI is InChI=1S/C13H21NO/c1-3-14-11(2)13(15)10-9-12-7-5-4-6-8-12/h4-8,11,13-15H,3,9-10H2,1-2H3. The van der Waals surface area contributed by atoms with Gasteiger partial charge in [0.05, 0.1) is 6.10 Å². The van der Waals surface area contributed by atoms with Crippen molar-refractivity contribution in [1.29, 1.82) is 0 Å². The summed E-state index contributed by atoms with van der Waals surface area (Å²) in [5.74, 6) is 0. The molecule has 0 amide bonds. The van der Waals surface area contributed by atoms with Gasteiger partial charge in [-0.1, -0.05) is 37.3 Å². The van der Waals surface area contributed by atoms with Crippen molar-refractivity contribution in [2.24, 2.45) is 0 Å². The second-order valence-electron chi connectivity index (χ2n) is 3.94. The van der Waals surface area contributed by atoms with E-state index in [4.69, 9.17) is 0 Å². The molecular weight excluding hydrogens is 186 g/mol. The first-order valence-corrected chi connectivity index (χ1v) is 5.69. The molecule has 0 fully saturated rings. The molecule has 0 aliphatic carbocycles. The molecule has 2 N–H and O–H groups in total. The van der Waals surface area contributed by atoms with Gasteiger partial charge in [0.1, 0.15) is 0 Å². The van der Waals surface area contributed by atoms with Gasteiger partial charge in [0.2, 0.25) is 0 Å². The average Bonchev–Trinajstić information content (AvgIpc) is 2.27. The minimum atomic E-state index is -0.259. The number of nitrogens with one attached hydrogen (secondary N) is 1. The van der Waals surface area contributed by atoms with Gasteiger partial charge in [-0.15, -0.1) is 0 Å². The molecule has 2 heteroatoms. The SMILES string of the molecule is CCNC(C)C(O)CCc1ccccc1. The summed E-state index contributed by atoms with van der Waals surface area (Å²) in [6.07, 6.45) is 1.50. The van der Waals surface area contributed by atoms with E-state index in [-0.39, 0.29) is 12.1 Å². The van der Waals surface area contributed by atoms with Crippen molar-refractivity contribution in [3.8, 4) is 0 Å². The maximum Gasteiger partial charge on any atom is 0.0693 e. The molecule has 0 radical (unpaired) electrons. The van der Waals surface area contributed by atoms with Crippen LogP contribution < -0.4 is 5.32 Å². The van der Waals surface area contributed by atoms with Gasteiger partial charge < -0.3 is 10.4 Å². The Morgan fingerprint density at radius 2 is 1.93 bits per heavy atom. The first-order chi connectivity index (χ1) is 7.24. The van der Waals surface area contributed by atoms with Gasteiger partial charge in [-0.3, -0.25) is 0 Å². The van der Waals surface area contributed by atoms with Crippen LogP contribution in [0.25, 0.3) is 0 Å². The third kappa shape index (κ3) is 4.45. The summed E-state index contributed by atoms with van der Waals surface area (Å²) in [6, 6.07) is 10.5. The second-order valence-corrected chi connectivity index (χ2v) is 3.94. The van der Waals surface area contributed by atoms with Crippen LogP contribution in [0.2, 0.25) is 0 Å². The third-order valence-corrected chi connectivity index (χ3v) is 2.67. The topological polar surface area (TPSA) is 32.3 Å². The van der Waals surface area contributed by atoms with Crippen LogP contribution in [0, 0.1) is 0 Å². The van der Waals surface area contributed by atoms with Crippen molar-refractivity contribution in [2.45, 2.75) is 38.8 Å². The zero-order chi connectivity index (χ0) is 11.1. The fourth-order valence-corrected chi connectivity index (χ4v) is 1.67. The van der Waals surface area contributed by atoms with Crippen LogP contribution in [-0.4, -0.2) is 23.8 Å². The Morgan fingerprint density at radius 1 is 1.27 bits per heavy atom. The number of rotatable bonds is 6. The summed E-state index contributed by atoms with van der Waals surface area (Å²) in [5.41, 5.74) is 1.29. The maximum absolute atomic E-state index is 9.85. The Kier molecular flexibility index (Phi) is 5.37. The van der Waals surface area contributed by atoms with Crippen molar-refractivity contribution in [1.82, 2.24) is 5.32 Å². The lowest BCUT2D eigenvalue weighted by Gasteiger charge is -2.19. The van der Waals surface area contributed by atoms with Crippen molar-refractivity contribution in [3.05, 3.63) is 35.9 Å². The molecule has 0 aliphatic rings. The normalized spacial score (nSPS) is 14.9. The first-order valence-electron chi connectivity index (χ1n) is 5.69. The van der Waals surface area contributed by atoms with Crippen molar-refractivity contribution >= 4 is 0 Å². The summed E-state index contributed by atoms with van der Waals surface area (Å²) in [7, 11) is 0. The lowest BCUT2D eigenvalue weighted by Crippen LogP contribution is -2.37. The fraction of sp³-hybridized carbons (Fsp3) is 0.538. The Hall–Kier alpha value is -0.860. The molecule has 0 heterocycles. The van der Waals surface area contributed by atoms with E-state index in [2.05, 4.69) is 24.4 Å². The number of aliphatic hydroxyl groups is 1. The highest BCUT2D eigenvalue weighted by molar-refractivity contribution is 5.14. The van der Waals surface area contributed by atoms with Crippen LogP contribution in [0.3, 0.4) is 0 Å². The lowest BCUT2D eigenvalue weighted by atomic mass is 10.0. The maximum atomic E-state index is 9.85. The number of hydrogen-bond acceptors (Lipinski definition) is 2. The zero-order valence-electron chi connectivity index (χ0n) is 9.61. The largest absolute Gasteiger partial charge is 0.392 e. The molecule has 0 bridgehead atoms. The van der Waals surface area contributed by atoms with Gasteiger partial charge in [-0.2, -0.15) is 0 Å². The monoisotopic (exact) mass is 207 g/mol. The van der Waals surface area contributed by atoms with Gasteiger partial charge >= 0.3 is 0 Å². The average molecular weight is 207 g/mol. The summed E-state index contributed by atoms with van der Waals surface area (Å²) in [6.45, 7) is 4.99. The zero-order valence-corrected chi connectivity index (χ0v) is 9.61. The van der Waals surface area contributed by atoms with Gasteiger partial charge in [-0.05, 0) is 31.9 Å². The molecule has 1 aromatic carbocycles. The highest BCUT2D eigenvalue weighted by Gasteiger charge is 2.12. The Balaban J connectivity index is 2.31. The Bertz CT molecular complexity index is 260. The molecule has 2 atom stereocenters. The summed E-state index contributed by atoms with van der Waals surface area (Å²) < 4.78 is 0. The highest BCUT2D eigenvalue weighted by atomic mass is 16.3. The number of aryl methyl sites for hydroxylation is 1. The molecule has 0 spiro atoms. The molecule has 0 aliphatic heterocycles. The molecule has 0 aromatic heterocycles. The van der Waals surface area contributed by atoms with E-state index in [1.165, 1.54) is 5.56 Å². The Labute approximate surface area is 92.3 Å². The van der Waals surface area contributed by atoms with E-state index < -0.39 is 0 Å². The van der Waals surface area contributed by atoms with Crippen LogP contribution >= 0.6 is 0 Å². The van der Waals surface area contributed by atoms with Gasteiger partial charge in [0, 0.05) is 6.04 Å². The Morgan fingerprint density at radius 3 is 2.53 bits per heavy atom. The number of aliphatic hydroxyl groups excluding tert-OH is 1. The second kappa shape index (κ2) is 6.59. The van der Waals surface area contributed by atoms with E-state index in [1.54, 1.807) is 0 Å². The van der Waals surface area contributed by atoms with Crippen LogP contribution in [0.1, 0.15) is 25.8 Å². The van der Waals surface area contributed by atoms with Crippen LogP contribution in [0.4, 0.5) is 0 Å². The lowest BCUT2D eigenvalue weighted by molar-refractivity contribution is 0.126. The van der Waals surface area contributed by atoms with Crippen molar-refractivity contribution < 1.29 is 5.11 Å². The van der Waals surface area contributed by atoms with Crippen LogP contribution in [-0.2, 0) is 6.42 Å². The molecule has 0 saturated carbocycles. The van der Waals surface area contributed by atoms with Crippen LogP contribution in [0.15, 0.2) is 30.3 Å².